The summed E-state index contributed by atoms with van der Waals surface area (Å²) in [7, 11) is 4.12. The van der Waals surface area contributed by atoms with Crippen molar-refractivity contribution >= 4 is 17.2 Å². The molecule has 0 saturated heterocycles. The molecule has 0 radical (unpaired) electrons. The van der Waals surface area contributed by atoms with Gasteiger partial charge in [0.25, 0.3) is 0 Å². The highest BCUT2D eigenvalue weighted by molar-refractivity contribution is 7.09. The van der Waals surface area contributed by atoms with Gasteiger partial charge >= 0.3 is 0 Å². The van der Waals surface area contributed by atoms with Crippen LogP contribution in [0.5, 0.6) is 0 Å². The third-order valence-electron chi connectivity index (χ3n) is 2.89. The largest absolute Gasteiger partial charge is 0.356 e. The van der Waals surface area contributed by atoms with Gasteiger partial charge < -0.3 is 16.0 Å². The Labute approximate surface area is 125 Å². The van der Waals surface area contributed by atoms with Crippen molar-refractivity contribution in [2.24, 2.45) is 5.73 Å². The number of rotatable bonds is 10. The second-order valence-corrected chi connectivity index (χ2v) is 6.10. The predicted molar refractivity (Wildman–Crippen MR) is 84.0 cm³/mol. The first-order valence-corrected chi connectivity index (χ1v) is 8.04. The van der Waals surface area contributed by atoms with Gasteiger partial charge in [-0.25, -0.2) is 4.98 Å². The van der Waals surface area contributed by atoms with Crippen LogP contribution in [0.15, 0.2) is 5.38 Å². The number of thiazole rings is 1. The maximum absolute atomic E-state index is 11.8. The fourth-order valence-electron chi connectivity index (χ4n) is 1.81. The minimum absolute atomic E-state index is 0.0607. The molecule has 0 aliphatic heterocycles. The van der Waals surface area contributed by atoms with Crippen LogP contribution in [0.4, 0.5) is 0 Å². The molecule has 0 aromatic carbocycles. The van der Waals surface area contributed by atoms with Gasteiger partial charge in [0.15, 0.2) is 0 Å². The van der Waals surface area contributed by atoms with Gasteiger partial charge in [0.1, 0.15) is 0 Å². The Balaban J connectivity index is 2.16. The van der Waals surface area contributed by atoms with Crippen molar-refractivity contribution in [1.82, 2.24) is 15.2 Å². The van der Waals surface area contributed by atoms with Gasteiger partial charge in [0.05, 0.1) is 17.1 Å². The molecule has 1 aromatic heterocycles. The maximum Gasteiger partial charge on any atom is 0.226 e. The summed E-state index contributed by atoms with van der Waals surface area (Å²) >= 11 is 1.61. The van der Waals surface area contributed by atoms with Gasteiger partial charge in [-0.3, -0.25) is 4.79 Å². The molecule has 1 heterocycles. The molecule has 0 fully saturated rings. The Morgan fingerprint density at radius 2 is 2.20 bits per heavy atom. The van der Waals surface area contributed by atoms with Crippen molar-refractivity contribution in [3.05, 3.63) is 16.1 Å². The highest BCUT2D eigenvalue weighted by Crippen LogP contribution is 2.12. The van der Waals surface area contributed by atoms with Gasteiger partial charge in [-0.1, -0.05) is 0 Å². The molecular formula is C14H26N4OS. The molecule has 0 aliphatic carbocycles. The molecule has 114 valence electrons. The van der Waals surface area contributed by atoms with Crippen LogP contribution in [0, 0.1) is 0 Å². The van der Waals surface area contributed by atoms with E-state index in [1.807, 2.05) is 5.38 Å². The molecule has 1 aromatic rings. The van der Waals surface area contributed by atoms with E-state index in [1.165, 1.54) is 0 Å². The van der Waals surface area contributed by atoms with Gasteiger partial charge in [0, 0.05) is 18.3 Å². The standard InChI is InChI=1S/C14H26N4OS/c1-18(2)9-4-3-8-16-13(19)10-12-11-20-14(17-12)6-5-7-15/h11H,3-10,15H2,1-2H3,(H,16,19). The average molecular weight is 298 g/mol. The van der Waals surface area contributed by atoms with Crippen LogP contribution in [0.2, 0.25) is 0 Å². The highest BCUT2D eigenvalue weighted by atomic mass is 32.1. The third kappa shape index (κ3) is 7.57. The molecule has 0 aliphatic rings. The van der Waals surface area contributed by atoms with Crippen molar-refractivity contribution in [1.29, 1.82) is 0 Å². The molecule has 0 saturated carbocycles. The number of aryl methyl sites for hydroxylation is 1. The molecular weight excluding hydrogens is 272 g/mol. The van der Waals surface area contributed by atoms with Crippen molar-refractivity contribution in [2.75, 3.05) is 33.7 Å². The summed E-state index contributed by atoms with van der Waals surface area (Å²) in [5, 5.41) is 5.99. The summed E-state index contributed by atoms with van der Waals surface area (Å²) in [5.74, 6) is 0.0607. The van der Waals surface area contributed by atoms with Crippen LogP contribution in [0.25, 0.3) is 0 Å². The zero-order valence-corrected chi connectivity index (χ0v) is 13.3. The van der Waals surface area contributed by atoms with Gasteiger partial charge in [-0.05, 0) is 46.4 Å². The molecule has 0 bridgehead atoms. The zero-order chi connectivity index (χ0) is 14.8. The van der Waals surface area contributed by atoms with Gasteiger partial charge in [0.2, 0.25) is 5.91 Å². The van der Waals surface area contributed by atoms with Crippen molar-refractivity contribution in [2.45, 2.75) is 32.1 Å². The van der Waals surface area contributed by atoms with E-state index in [9.17, 15) is 4.79 Å². The second kappa shape index (κ2) is 9.85. The van der Waals surface area contributed by atoms with Crippen LogP contribution >= 0.6 is 11.3 Å². The lowest BCUT2D eigenvalue weighted by molar-refractivity contribution is -0.120. The van der Waals surface area contributed by atoms with Gasteiger partial charge in [-0.15, -0.1) is 11.3 Å². The summed E-state index contributed by atoms with van der Waals surface area (Å²) in [5.41, 5.74) is 6.34. The lowest BCUT2D eigenvalue weighted by Crippen LogP contribution is -2.26. The number of hydrogen-bond acceptors (Lipinski definition) is 5. The molecule has 0 spiro atoms. The predicted octanol–water partition coefficient (Wildman–Crippen LogP) is 1.03. The van der Waals surface area contributed by atoms with Crippen molar-refractivity contribution < 1.29 is 4.79 Å². The first kappa shape index (κ1) is 17.1. The van der Waals surface area contributed by atoms with E-state index in [1.54, 1.807) is 11.3 Å². The normalized spacial score (nSPS) is 11.0. The number of nitrogens with zero attached hydrogens (tertiary/aromatic N) is 2. The number of carbonyl (C=O) groups is 1. The minimum atomic E-state index is 0.0607. The fourth-order valence-corrected chi connectivity index (χ4v) is 2.65. The smallest absolute Gasteiger partial charge is 0.226 e. The lowest BCUT2D eigenvalue weighted by atomic mass is 10.2. The Morgan fingerprint density at radius 1 is 1.40 bits per heavy atom. The van der Waals surface area contributed by atoms with E-state index in [0.29, 0.717) is 13.0 Å². The van der Waals surface area contributed by atoms with E-state index in [2.05, 4.69) is 29.3 Å². The van der Waals surface area contributed by atoms with Crippen LogP contribution < -0.4 is 11.1 Å². The quantitative estimate of drug-likeness (QED) is 0.633. The summed E-state index contributed by atoms with van der Waals surface area (Å²) in [6.45, 7) is 2.49. The molecule has 20 heavy (non-hydrogen) atoms. The first-order chi connectivity index (χ1) is 9.61. The molecule has 3 N–H and O–H groups in total. The number of amides is 1. The Hall–Kier alpha value is -0.980. The zero-order valence-electron chi connectivity index (χ0n) is 12.5. The van der Waals surface area contributed by atoms with Crippen LogP contribution in [0.1, 0.15) is 30.0 Å². The second-order valence-electron chi connectivity index (χ2n) is 5.16. The Bertz CT molecular complexity index is 392. The summed E-state index contributed by atoms with van der Waals surface area (Å²) in [6.07, 6.45) is 4.36. The highest BCUT2D eigenvalue weighted by Gasteiger charge is 2.07. The summed E-state index contributed by atoms with van der Waals surface area (Å²) in [6, 6.07) is 0. The minimum Gasteiger partial charge on any atom is -0.356 e. The molecule has 1 rings (SSSR count). The number of unbranched alkanes of at least 4 members (excludes halogenated alkanes) is 1. The summed E-state index contributed by atoms with van der Waals surface area (Å²) in [4.78, 5) is 18.4. The van der Waals surface area contributed by atoms with E-state index < -0.39 is 0 Å². The van der Waals surface area contributed by atoms with Crippen molar-refractivity contribution in [3.8, 4) is 0 Å². The number of hydrogen-bond donors (Lipinski definition) is 2. The SMILES string of the molecule is CN(C)CCCCNC(=O)Cc1csc(CCCN)n1. The van der Waals surface area contributed by atoms with Crippen LogP contribution in [-0.2, 0) is 17.6 Å². The van der Waals surface area contributed by atoms with Crippen molar-refractivity contribution in [3.63, 3.8) is 0 Å². The fraction of sp³-hybridized carbons (Fsp3) is 0.714. The number of nitrogens with one attached hydrogen (secondary N) is 1. The Kier molecular flexibility index (Phi) is 8.41. The number of aromatic nitrogens is 1. The topological polar surface area (TPSA) is 71.2 Å². The van der Waals surface area contributed by atoms with Crippen LogP contribution in [0.3, 0.4) is 0 Å². The molecule has 1 amide bonds. The number of carbonyl (C=O) groups excluding carboxylic acids is 1. The van der Waals surface area contributed by atoms with Gasteiger partial charge in [-0.2, -0.15) is 0 Å². The Morgan fingerprint density at radius 3 is 2.90 bits per heavy atom. The van der Waals surface area contributed by atoms with E-state index >= 15 is 0 Å². The molecule has 0 unspecified atom stereocenters. The first-order valence-electron chi connectivity index (χ1n) is 7.16. The molecule has 0 atom stereocenters. The van der Waals surface area contributed by atoms with Crippen LogP contribution in [-0.4, -0.2) is 49.5 Å². The average Bonchev–Trinajstić information content (AvgIpc) is 2.83. The lowest BCUT2D eigenvalue weighted by Gasteiger charge is -2.09. The van der Waals surface area contributed by atoms with E-state index in [-0.39, 0.29) is 5.91 Å². The maximum atomic E-state index is 11.8. The molecule has 5 nitrogen and oxygen atoms in total. The molecule has 6 heteroatoms. The van der Waals surface area contributed by atoms with E-state index in [4.69, 9.17) is 5.73 Å². The third-order valence-corrected chi connectivity index (χ3v) is 3.85. The number of nitrogens with two attached hydrogens (primary N) is 1. The summed E-state index contributed by atoms with van der Waals surface area (Å²) < 4.78 is 0. The monoisotopic (exact) mass is 298 g/mol. The van der Waals surface area contributed by atoms with E-state index in [0.717, 1.165) is 49.5 Å².